The topological polar surface area (TPSA) is 51.0 Å². The SMILES string of the molecule is Cc1noc(CCNC(C)c2ccc(Br)cc2)n1. The van der Waals surface area contributed by atoms with Crippen LogP contribution in [-0.4, -0.2) is 16.7 Å². The van der Waals surface area contributed by atoms with Gasteiger partial charge in [-0.25, -0.2) is 0 Å². The zero-order chi connectivity index (χ0) is 13.0. The fraction of sp³-hybridized carbons (Fsp3) is 0.385. The van der Waals surface area contributed by atoms with E-state index >= 15 is 0 Å². The van der Waals surface area contributed by atoms with Crippen LogP contribution >= 0.6 is 15.9 Å². The molecule has 1 aromatic carbocycles. The van der Waals surface area contributed by atoms with Crippen LogP contribution in [0.3, 0.4) is 0 Å². The van der Waals surface area contributed by atoms with Crippen molar-refractivity contribution >= 4 is 15.9 Å². The molecule has 0 bridgehead atoms. The van der Waals surface area contributed by atoms with Crippen molar-refractivity contribution in [2.75, 3.05) is 6.54 Å². The predicted molar refractivity (Wildman–Crippen MR) is 73.3 cm³/mol. The summed E-state index contributed by atoms with van der Waals surface area (Å²) in [6, 6.07) is 8.63. The van der Waals surface area contributed by atoms with Crippen LogP contribution < -0.4 is 5.32 Å². The first-order chi connectivity index (χ1) is 8.65. The molecule has 4 nitrogen and oxygen atoms in total. The summed E-state index contributed by atoms with van der Waals surface area (Å²) in [5.41, 5.74) is 1.26. The summed E-state index contributed by atoms with van der Waals surface area (Å²) in [5, 5.41) is 7.20. The van der Waals surface area contributed by atoms with Gasteiger partial charge in [0.05, 0.1) is 0 Å². The number of hydrogen-bond acceptors (Lipinski definition) is 4. The molecule has 2 aromatic rings. The molecule has 0 aliphatic rings. The zero-order valence-corrected chi connectivity index (χ0v) is 12.1. The fourth-order valence-corrected chi connectivity index (χ4v) is 1.97. The lowest BCUT2D eigenvalue weighted by Gasteiger charge is -2.13. The second-order valence-electron chi connectivity index (χ2n) is 4.21. The maximum Gasteiger partial charge on any atom is 0.227 e. The molecule has 0 amide bonds. The first kappa shape index (κ1) is 13.2. The Morgan fingerprint density at radius 3 is 2.67 bits per heavy atom. The lowest BCUT2D eigenvalue weighted by molar-refractivity contribution is 0.370. The summed E-state index contributed by atoms with van der Waals surface area (Å²) in [7, 11) is 0. The van der Waals surface area contributed by atoms with Gasteiger partial charge in [0.1, 0.15) is 0 Å². The predicted octanol–water partition coefficient (Wildman–Crippen LogP) is 3.03. The van der Waals surface area contributed by atoms with Gasteiger partial charge in [-0.3, -0.25) is 0 Å². The summed E-state index contributed by atoms with van der Waals surface area (Å²) in [5.74, 6) is 1.37. The maximum absolute atomic E-state index is 5.06. The lowest BCUT2D eigenvalue weighted by atomic mass is 10.1. The van der Waals surface area contributed by atoms with E-state index < -0.39 is 0 Å². The molecule has 0 spiro atoms. The highest BCUT2D eigenvalue weighted by atomic mass is 79.9. The number of nitrogens with zero attached hydrogens (tertiary/aromatic N) is 2. The van der Waals surface area contributed by atoms with Crippen molar-refractivity contribution in [3.8, 4) is 0 Å². The van der Waals surface area contributed by atoms with Gasteiger partial charge in [-0.2, -0.15) is 4.98 Å². The second-order valence-corrected chi connectivity index (χ2v) is 5.13. The Bertz CT molecular complexity index is 495. The molecular formula is C13H16BrN3O. The minimum Gasteiger partial charge on any atom is -0.339 e. The number of rotatable bonds is 5. The second kappa shape index (κ2) is 6.11. The van der Waals surface area contributed by atoms with Crippen LogP contribution in [-0.2, 0) is 6.42 Å². The Hall–Kier alpha value is -1.20. The van der Waals surface area contributed by atoms with Crippen molar-refractivity contribution in [1.29, 1.82) is 0 Å². The molecule has 0 aliphatic carbocycles. The minimum atomic E-state index is 0.308. The van der Waals surface area contributed by atoms with Crippen molar-refractivity contribution < 1.29 is 4.52 Å². The van der Waals surface area contributed by atoms with Crippen molar-refractivity contribution in [1.82, 2.24) is 15.5 Å². The quantitative estimate of drug-likeness (QED) is 0.922. The highest BCUT2D eigenvalue weighted by Crippen LogP contribution is 2.16. The number of aryl methyl sites for hydroxylation is 1. The normalized spacial score (nSPS) is 12.6. The van der Waals surface area contributed by atoms with E-state index in [0.717, 1.165) is 17.4 Å². The van der Waals surface area contributed by atoms with Crippen LogP contribution in [0.5, 0.6) is 0 Å². The van der Waals surface area contributed by atoms with Gasteiger partial charge < -0.3 is 9.84 Å². The number of aromatic nitrogens is 2. The third-order valence-corrected chi connectivity index (χ3v) is 3.26. The van der Waals surface area contributed by atoms with E-state index in [1.807, 2.05) is 6.92 Å². The monoisotopic (exact) mass is 309 g/mol. The zero-order valence-electron chi connectivity index (χ0n) is 10.5. The van der Waals surface area contributed by atoms with Crippen LogP contribution in [0, 0.1) is 6.92 Å². The Morgan fingerprint density at radius 2 is 2.06 bits per heavy atom. The number of nitrogens with one attached hydrogen (secondary N) is 1. The first-order valence-electron chi connectivity index (χ1n) is 5.93. The standard InChI is InChI=1S/C13H16BrN3O/c1-9(11-3-5-12(14)6-4-11)15-8-7-13-16-10(2)17-18-13/h3-6,9,15H,7-8H2,1-2H3. The van der Waals surface area contributed by atoms with Crippen molar-refractivity contribution in [2.45, 2.75) is 26.3 Å². The summed E-state index contributed by atoms with van der Waals surface area (Å²) < 4.78 is 6.16. The smallest absolute Gasteiger partial charge is 0.227 e. The first-order valence-corrected chi connectivity index (χ1v) is 6.72. The molecule has 1 unspecified atom stereocenters. The Kier molecular flexibility index (Phi) is 4.49. The van der Waals surface area contributed by atoms with Gasteiger partial charge >= 0.3 is 0 Å². The van der Waals surface area contributed by atoms with Crippen LogP contribution in [0.4, 0.5) is 0 Å². The number of benzene rings is 1. The number of hydrogen-bond donors (Lipinski definition) is 1. The lowest BCUT2D eigenvalue weighted by Crippen LogP contribution is -2.21. The fourth-order valence-electron chi connectivity index (χ4n) is 1.71. The highest BCUT2D eigenvalue weighted by Gasteiger charge is 2.06. The van der Waals surface area contributed by atoms with E-state index in [2.05, 4.69) is 62.6 Å². The third kappa shape index (κ3) is 3.65. The third-order valence-electron chi connectivity index (χ3n) is 2.73. The maximum atomic E-state index is 5.06. The molecule has 2 rings (SSSR count). The van der Waals surface area contributed by atoms with Crippen LogP contribution in [0.1, 0.15) is 30.2 Å². The molecule has 1 aromatic heterocycles. The Morgan fingerprint density at radius 1 is 1.33 bits per heavy atom. The molecule has 1 atom stereocenters. The van der Waals surface area contributed by atoms with Gasteiger partial charge in [-0.15, -0.1) is 0 Å². The molecule has 1 N–H and O–H groups in total. The van der Waals surface area contributed by atoms with Crippen LogP contribution in [0.15, 0.2) is 33.3 Å². The molecular weight excluding hydrogens is 294 g/mol. The van der Waals surface area contributed by atoms with Crippen LogP contribution in [0.25, 0.3) is 0 Å². The van der Waals surface area contributed by atoms with Gasteiger partial charge in [0.2, 0.25) is 5.89 Å². The van der Waals surface area contributed by atoms with Crippen LogP contribution in [0.2, 0.25) is 0 Å². The molecule has 96 valence electrons. The molecule has 0 radical (unpaired) electrons. The summed E-state index contributed by atoms with van der Waals surface area (Å²) in [6.45, 7) is 4.78. The van der Waals surface area contributed by atoms with E-state index in [-0.39, 0.29) is 0 Å². The van der Waals surface area contributed by atoms with E-state index in [0.29, 0.717) is 17.8 Å². The van der Waals surface area contributed by atoms with Gasteiger partial charge in [-0.1, -0.05) is 33.2 Å². The van der Waals surface area contributed by atoms with Gasteiger partial charge in [0.15, 0.2) is 5.82 Å². The molecule has 0 saturated carbocycles. The van der Waals surface area contributed by atoms with Gasteiger partial charge in [0, 0.05) is 23.5 Å². The van der Waals surface area contributed by atoms with Crippen molar-refractivity contribution in [2.24, 2.45) is 0 Å². The van der Waals surface area contributed by atoms with E-state index in [4.69, 9.17) is 4.52 Å². The molecule has 0 aliphatic heterocycles. The average Bonchev–Trinajstić information content (AvgIpc) is 2.76. The van der Waals surface area contributed by atoms with Gasteiger partial charge in [-0.05, 0) is 31.5 Å². The molecule has 0 saturated heterocycles. The molecule has 1 heterocycles. The largest absolute Gasteiger partial charge is 0.339 e. The summed E-state index contributed by atoms with van der Waals surface area (Å²) in [4.78, 5) is 4.17. The summed E-state index contributed by atoms with van der Waals surface area (Å²) in [6.07, 6.45) is 0.752. The molecule has 5 heteroatoms. The molecule has 18 heavy (non-hydrogen) atoms. The molecule has 0 fully saturated rings. The van der Waals surface area contributed by atoms with E-state index in [1.54, 1.807) is 0 Å². The van der Waals surface area contributed by atoms with Crippen molar-refractivity contribution in [3.63, 3.8) is 0 Å². The van der Waals surface area contributed by atoms with Gasteiger partial charge in [0.25, 0.3) is 0 Å². The van der Waals surface area contributed by atoms with E-state index in [1.165, 1.54) is 5.56 Å². The highest BCUT2D eigenvalue weighted by molar-refractivity contribution is 9.10. The number of halogens is 1. The minimum absolute atomic E-state index is 0.308. The van der Waals surface area contributed by atoms with E-state index in [9.17, 15) is 0 Å². The van der Waals surface area contributed by atoms with Crippen molar-refractivity contribution in [3.05, 3.63) is 46.0 Å². The average molecular weight is 310 g/mol. The Labute approximate surface area is 115 Å². The Balaban J connectivity index is 1.81. The summed E-state index contributed by atoms with van der Waals surface area (Å²) >= 11 is 3.43.